The van der Waals surface area contributed by atoms with Crippen molar-refractivity contribution in [1.29, 1.82) is 0 Å². The number of nitrogens with one attached hydrogen (secondary N) is 1. The van der Waals surface area contributed by atoms with Gasteiger partial charge in [-0.2, -0.15) is 0 Å². The van der Waals surface area contributed by atoms with Gasteiger partial charge < -0.3 is 10.1 Å². The lowest BCUT2D eigenvalue weighted by molar-refractivity contribution is -0.140. The molecule has 0 saturated heterocycles. The van der Waals surface area contributed by atoms with E-state index in [1.165, 1.54) is 148 Å². The van der Waals surface area contributed by atoms with Crippen molar-refractivity contribution in [1.82, 2.24) is 5.32 Å². The Bertz CT molecular complexity index is 355. The lowest BCUT2D eigenvalue weighted by atomic mass is 9.99. The predicted octanol–water partition coefficient (Wildman–Crippen LogP) is 9.55. The summed E-state index contributed by atoms with van der Waals surface area (Å²) >= 11 is 0. The molecular weight excluding hydrogens is 430 g/mol. The van der Waals surface area contributed by atoms with Gasteiger partial charge in [-0.1, -0.05) is 142 Å². The van der Waals surface area contributed by atoms with E-state index in [1.807, 2.05) is 0 Å². The molecule has 0 aliphatic heterocycles. The molecule has 0 aliphatic rings. The van der Waals surface area contributed by atoms with Crippen LogP contribution in [0, 0.1) is 0 Å². The van der Waals surface area contributed by atoms with Gasteiger partial charge in [0.15, 0.2) is 0 Å². The minimum atomic E-state index is -0.173. The van der Waals surface area contributed by atoms with E-state index >= 15 is 0 Å². The van der Waals surface area contributed by atoms with Crippen molar-refractivity contribution < 1.29 is 9.53 Å². The molecule has 1 N–H and O–H groups in total. The molecule has 0 aromatic rings. The van der Waals surface area contributed by atoms with E-state index in [2.05, 4.69) is 19.2 Å². The van der Waals surface area contributed by atoms with E-state index in [4.69, 9.17) is 4.74 Å². The summed E-state index contributed by atoms with van der Waals surface area (Å²) in [5.41, 5.74) is 0. The first-order valence-corrected chi connectivity index (χ1v) is 14.6. The highest BCUT2D eigenvalue weighted by molar-refractivity contribution is 5.85. The molecule has 0 spiro atoms. The zero-order valence-corrected chi connectivity index (χ0v) is 23.6. The zero-order chi connectivity index (χ0) is 23.5. The Morgan fingerprint density at radius 3 is 1.27 bits per heavy atom. The van der Waals surface area contributed by atoms with E-state index in [-0.39, 0.29) is 18.4 Å². The molecule has 33 heavy (non-hydrogen) atoms. The van der Waals surface area contributed by atoms with Crippen LogP contribution in [-0.4, -0.2) is 25.2 Å². The molecule has 200 valence electrons. The fraction of sp³-hybridized carbons (Fsp3) is 0.966. The molecule has 0 heterocycles. The third-order valence-corrected chi connectivity index (χ3v) is 6.65. The smallest absolute Gasteiger partial charge is 0.302 e. The average molecular weight is 490 g/mol. The summed E-state index contributed by atoms with van der Waals surface area (Å²) in [6, 6.07) is 0.591. The Labute approximate surface area is 214 Å². The second kappa shape index (κ2) is 29.8. The van der Waals surface area contributed by atoms with Crippen molar-refractivity contribution in [2.24, 2.45) is 0 Å². The SMILES string of the molecule is CCCCCCCCCCCCC(CCCCCCCCCCCC)NCCOC(C)=O.Cl. The van der Waals surface area contributed by atoms with Crippen molar-refractivity contribution in [3.63, 3.8) is 0 Å². The largest absolute Gasteiger partial charge is 0.465 e. The van der Waals surface area contributed by atoms with Crippen LogP contribution in [0.1, 0.15) is 162 Å². The Balaban J connectivity index is 0. The van der Waals surface area contributed by atoms with Crippen LogP contribution in [0.15, 0.2) is 0 Å². The molecule has 0 saturated carbocycles. The summed E-state index contributed by atoms with van der Waals surface area (Å²) in [4.78, 5) is 11.0. The number of carbonyl (C=O) groups is 1. The van der Waals surface area contributed by atoms with Gasteiger partial charge in [-0.25, -0.2) is 0 Å². The average Bonchev–Trinajstić information content (AvgIpc) is 2.78. The van der Waals surface area contributed by atoms with Gasteiger partial charge in [0.05, 0.1) is 0 Å². The van der Waals surface area contributed by atoms with E-state index in [0.29, 0.717) is 12.6 Å². The summed E-state index contributed by atoms with van der Waals surface area (Å²) in [6.07, 6.45) is 30.5. The van der Waals surface area contributed by atoms with Gasteiger partial charge in [0.1, 0.15) is 6.61 Å². The van der Waals surface area contributed by atoms with Crippen LogP contribution in [-0.2, 0) is 9.53 Å². The third-order valence-electron chi connectivity index (χ3n) is 6.65. The number of esters is 1. The summed E-state index contributed by atoms with van der Waals surface area (Å²) < 4.78 is 5.10. The fourth-order valence-corrected chi connectivity index (χ4v) is 4.56. The minimum absolute atomic E-state index is 0. The lowest BCUT2D eigenvalue weighted by Gasteiger charge is -2.19. The van der Waals surface area contributed by atoms with Crippen LogP contribution >= 0.6 is 12.4 Å². The maximum atomic E-state index is 11.0. The van der Waals surface area contributed by atoms with Gasteiger partial charge in [-0.15, -0.1) is 12.4 Å². The first-order valence-electron chi connectivity index (χ1n) is 14.6. The molecule has 0 fully saturated rings. The fourth-order valence-electron chi connectivity index (χ4n) is 4.56. The number of unbranched alkanes of at least 4 members (excludes halogenated alkanes) is 18. The molecule has 3 nitrogen and oxygen atoms in total. The molecule has 0 atom stereocenters. The van der Waals surface area contributed by atoms with Gasteiger partial charge >= 0.3 is 5.97 Å². The van der Waals surface area contributed by atoms with Gasteiger partial charge in [0, 0.05) is 19.5 Å². The molecule has 0 amide bonds. The van der Waals surface area contributed by atoms with E-state index in [1.54, 1.807) is 0 Å². The number of halogens is 1. The molecular formula is C29H60ClNO2. The Kier molecular flexibility index (Phi) is 31.5. The predicted molar refractivity (Wildman–Crippen MR) is 149 cm³/mol. The van der Waals surface area contributed by atoms with Gasteiger partial charge in [0.2, 0.25) is 0 Å². The Hall–Kier alpha value is -0.280. The highest BCUT2D eigenvalue weighted by Gasteiger charge is 2.08. The number of hydrogen-bond donors (Lipinski definition) is 1. The van der Waals surface area contributed by atoms with Crippen molar-refractivity contribution in [2.75, 3.05) is 13.2 Å². The third kappa shape index (κ3) is 29.7. The van der Waals surface area contributed by atoms with Crippen LogP contribution in [0.2, 0.25) is 0 Å². The van der Waals surface area contributed by atoms with Crippen LogP contribution < -0.4 is 5.32 Å². The van der Waals surface area contributed by atoms with Crippen molar-refractivity contribution in [2.45, 2.75) is 168 Å². The minimum Gasteiger partial charge on any atom is -0.465 e. The number of hydrogen-bond acceptors (Lipinski definition) is 3. The van der Waals surface area contributed by atoms with Crippen LogP contribution in [0.3, 0.4) is 0 Å². The van der Waals surface area contributed by atoms with Crippen molar-refractivity contribution in [3.8, 4) is 0 Å². The van der Waals surface area contributed by atoms with Crippen LogP contribution in [0.5, 0.6) is 0 Å². The lowest BCUT2D eigenvalue weighted by Crippen LogP contribution is -2.32. The highest BCUT2D eigenvalue weighted by atomic mass is 35.5. The summed E-state index contributed by atoms with van der Waals surface area (Å²) in [5, 5.41) is 3.66. The molecule has 0 aromatic heterocycles. The summed E-state index contributed by atoms with van der Waals surface area (Å²) in [5.74, 6) is -0.173. The first-order chi connectivity index (χ1) is 15.7. The number of ether oxygens (including phenoxy) is 1. The van der Waals surface area contributed by atoms with Crippen LogP contribution in [0.25, 0.3) is 0 Å². The first kappa shape index (κ1) is 34.9. The molecule has 0 radical (unpaired) electrons. The normalized spacial score (nSPS) is 11.0. The Morgan fingerprint density at radius 2 is 0.939 bits per heavy atom. The van der Waals surface area contributed by atoms with E-state index in [9.17, 15) is 4.79 Å². The molecule has 0 bridgehead atoms. The molecule has 0 aromatic carbocycles. The maximum Gasteiger partial charge on any atom is 0.302 e. The van der Waals surface area contributed by atoms with E-state index < -0.39 is 0 Å². The number of rotatable bonds is 26. The van der Waals surface area contributed by atoms with Crippen molar-refractivity contribution >= 4 is 18.4 Å². The van der Waals surface area contributed by atoms with Gasteiger partial charge in [-0.05, 0) is 12.8 Å². The zero-order valence-electron chi connectivity index (χ0n) is 22.8. The van der Waals surface area contributed by atoms with Crippen molar-refractivity contribution in [3.05, 3.63) is 0 Å². The Morgan fingerprint density at radius 1 is 0.606 bits per heavy atom. The van der Waals surface area contributed by atoms with E-state index in [0.717, 1.165) is 6.54 Å². The van der Waals surface area contributed by atoms with Gasteiger partial charge in [0.25, 0.3) is 0 Å². The molecule has 0 unspecified atom stereocenters. The molecule has 0 aliphatic carbocycles. The molecule has 4 heteroatoms. The van der Waals surface area contributed by atoms with Gasteiger partial charge in [-0.3, -0.25) is 4.79 Å². The monoisotopic (exact) mass is 489 g/mol. The summed E-state index contributed by atoms with van der Waals surface area (Å²) in [6.45, 7) is 7.36. The topological polar surface area (TPSA) is 38.3 Å². The summed E-state index contributed by atoms with van der Waals surface area (Å²) in [7, 11) is 0. The quantitative estimate of drug-likeness (QED) is 0.0970. The maximum absolute atomic E-state index is 11.0. The molecule has 0 rings (SSSR count). The second-order valence-electron chi connectivity index (χ2n) is 9.93. The standard InChI is InChI=1S/C29H59NO2.ClH/c1-4-6-8-10-12-14-16-18-20-22-24-29(30-26-27-32-28(3)31)25-23-21-19-17-15-13-11-9-7-5-2;/h29-30H,4-27H2,1-3H3;1H. The highest BCUT2D eigenvalue weighted by Crippen LogP contribution is 2.16. The van der Waals surface area contributed by atoms with Crippen LogP contribution in [0.4, 0.5) is 0 Å². The number of carbonyl (C=O) groups excluding carboxylic acids is 1. The second-order valence-corrected chi connectivity index (χ2v) is 9.93.